The second-order valence-corrected chi connectivity index (χ2v) is 3.77. The van der Waals surface area contributed by atoms with Crippen molar-refractivity contribution in [1.82, 2.24) is 4.90 Å². The average molecular weight is 200 g/mol. The second-order valence-electron chi connectivity index (χ2n) is 3.77. The van der Waals surface area contributed by atoms with Crippen LogP contribution in [0.4, 0.5) is 0 Å². The van der Waals surface area contributed by atoms with E-state index in [2.05, 4.69) is 0 Å². The van der Waals surface area contributed by atoms with Crippen molar-refractivity contribution in [2.45, 2.75) is 19.8 Å². The third-order valence-corrected chi connectivity index (χ3v) is 2.57. The number of nitrogens with zero attached hydrogens (tertiary/aromatic N) is 1. The number of rotatable bonds is 5. The summed E-state index contributed by atoms with van der Waals surface area (Å²) in [5.74, 6) is 0.464. The first-order chi connectivity index (χ1) is 6.75. The summed E-state index contributed by atoms with van der Waals surface area (Å²) in [5.41, 5.74) is 5.29. The molecule has 4 heteroatoms. The topological polar surface area (TPSA) is 55.6 Å². The van der Waals surface area contributed by atoms with Crippen LogP contribution < -0.4 is 5.73 Å². The van der Waals surface area contributed by atoms with Crippen molar-refractivity contribution in [1.29, 1.82) is 0 Å². The highest BCUT2D eigenvalue weighted by molar-refractivity contribution is 5.79. The van der Waals surface area contributed by atoms with Gasteiger partial charge in [-0.05, 0) is 12.8 Å². The maximum absolute atomic E-state index is 11.6. The van der Waals surface area contributed by atoms with Crippen molar-refractivity contribution in [3.8, 4) is 0 Å². The van der Waals surface area contributed by atoms with Gasteiger partial charge in [-0.15, -0.1) is 0 Å². The molecule has 1 rings (SSSR count). The standard InChI is InChI=1S/C10H20N2O2/c1-9-3-2-5-12(10(9)13)6-8-14-7-4-11/h9H,2-8,11H2,1H3. The van der Waals surface area contributed by atoms with Crippen LogP contribution in [0.5, 0.6) is 0 Å². The van der Waals surface area contributed by atoms with Gasteiger partial charge in [-0.1, -0.05) is 6.92 Å². The molecule has 1 atom stereocenters. The molecular weight excluding hydrogens is 180 g/mol. The van der Waals surface area contributed by atoms with E-state index in [0.29, 0.717) is 26.3 Å². The molecule has 0 aromatic heterocycles. The Kier molecular flexibility index (Phi) is 4.90. The molecule has 1 aliphatic rings. The Labute approximate surface area is 85.4 Å². The molecular formula is C10H20N2O2. The molecule has 0 aromatic carbocycles. The van der Waals surface area contributed by atoms with Crippen molar-refractivity contribution in [2.75, 3.05) is 32.8 Å². The lowest BCUT2D eigenvalue weighted by molar-refractivity contribution is -0.138. The zero-order valence-corrected chi connectivity index (χ0v) is 8.87. The number of nitrogens with two attached hydrogens (primary N) is 1. The summed E-state index contributed by atoms with van der Waals surface area (Å²) in [6, 6.07) is 0. The van der Waals surface area contributed by atoms with Crippen LogP contribution in [0.15, 0.2) is 0 Å². The summed E-state index contributed by atoms with van der Waals surface area (Å²) in [5, 5.41) is 0. The minimum atomic E-state index is 0.193. The molecule has 1 saturated heterocycles. The normalized spacial score (nSPS) is 22.9. The van der Waals surface area contributed by atoms with E-state index in [9.17, 15) is 4.79 Å². The summed E-state index contributed by atoms with van der Waals surface area (Å²) >= 11 is 0. The Bertz CT molecular complexity index is 185. The number of likely N-dealkylation sites (tertiary alicyclic amines) is 1. The van der Waals surface area contributed by atoms with Gasteiger partial charge in [0.15, 0.2) is 0 Å². The fourth-order valence-corrected chi connectivity index (χ4v) is 1.72. The van der Waals surface area contributed by atoms with Gasteiger partial charge in [0.1, 0.15) is 0 Å². The first-order valence-corrected chi connectivity index (χ1v) is 5.32. The van der Waals surface area contributed by atoms with Crippen molar-refractivity contribution < 1.29 is 9.53 Å². The van der Waals surface area contributed by atoms with Crippen LogP contribution in [-0.2, 0) is 9.53 Å². The molecule has 1 fully saturated rings. The van der Waals surface area contributed by atoms with E-state index in [4.69, 9.17) is 10.5 Å². The highest BCUT2D eigenvalue weighted by Gasteiger charge is 2.24. The van der Waals surface area contributed by atoms with E-state index in [1.54, 1.807) is 0 Å². The molecule has 0 saturated carbocycles. The summed E-state index contributed by atoms with van der Waals surface area (Å²) in [6.45, 7) is 5.32. The fraction of sp³-hybridized carbons (Fsp3) is 0.900. The van der Waals surface area contributed by atoms with E-state index in [-0.39, 0.29) is 11.8 Å². The predicted octanol–water partition coefficient (Wildman–Crippen LogP) is 0.220. The van der Waals surface area contributed by atoms with E-state index >= 15 is 0 Å². The van der Waals surface area contributed by atoms with Crippen LogP contribution >= 0.6 is 0 Å². The number of ether oxygens (including phenoxy) is 1. The molecule has 82 valence electrons. The summed E-state index contributed by atoms with van der Waals surface area (Å²) in [7, 11) is 0. The Morgan fingerprint density at radius 3 is 3.07 bits per heavy atom. The van der Waals surface area contributed by atoms with Gasteiger partial charge in [0, 0.05) is 25.6 Å². The lowest BCUT2D eigenvalue weighted by atomic mass is 9.99. The van der Waals surface area contributed by atoms with Crippen LogP contribution in [0, 0.1) is 5.92 Å². The Morgan fingerprint density at radius 1 is 1.57 bits per heavy atom. The molecule has 0 aromatic rings. The van der Waals surface area contributed by atoms with E-state index in [0.717, 1.165) is 19.4 Å². The van der Waals surface area contributed by atoms with Crippen LogP contribution in [-0.4, -0.2) is 43.7 Å². The molecule has 1 heterocycles. The molecule has 1 amide bonds. The quantitative estimate of drug-likeness (QED) is 0.646. The third kappa shape index (κ3) is 3.27. The Morgan fingerprint density at radius 2 is 2.36 bits per heavy atom. The Hall–Kier alpha value is -0.610. The summed E-state index contributed by atoms with van der Waals surface area (Å²) in [4.78, 5) is 13.5. The lowest BCUT2D eigenvalue weighted by Crippen LogP contribution is -2.42. The van der Waals surface area contributed by atoms with Gasteiger partial charge in [-0.25, -0.2) is 0 Å². The first-order valence-electron chi connectivity index (χ1n) is 5.32. The molecule has 0 spiro atoms. The van der Waals surface area contributed by atoms with E-state index < -0.39 is 0 Å². The fourth-order valence-electron chi connectivity index (χ4n) is 1.72. The molecule has 0 radical (unpaired) electrons. The van der Waals surface area contributed by atoms with Crippen molar-refractivity contribution in [2.24, 2.45) is 11.7 Å². The van der Waals surface area contributed by atoms with Crippen molar-refractivity contribution >= 4 is 5.91 Å². The van der Waals surface area contributed by atoms with E-state index in [1.165, 1.54) is 0 Å². The maximum atomic E-state index is 11.6. The monoisotopic (exact) mass is 200 g/mol. The van der Waals surface area contributed by atoms with Gasteiger partial charge in [0.05, 0.1) is 13.2 Å². The summed E-state index contributed by atoms with van der Waals surface area (Å²) < 4.78 is 5.25. The van der Waals surface area contributed by atoms with Gasteiger partial charge in [0.25, 0.3) is 0 Å². The van der Waals surface area contributed by atoms with E-state index in [1.807, 2.05) is 11.8 Å². The van der Waals surface area contributed by atoms with Crippen LogP contribution in [0.1, 0.15) is 19.8 Å². The molecule has 1 unspecified atom stereocenters. The molecule has 2 N–H and O–H groups in total. The minimum absolute atomic E-state index is 0.193. The molecule has 0 bridgehead atoms. The summed E-state index contributed by atoms with van der Waals surface area (Å²) in [6.07, 6.45) is 2.14. The largest absolute Gasteiger partial charge is 0.378 e. The van der Waals surface area contributed by atoms with Gasteiger partial charge in [-0.3, -0.25) is 4.79 Å². The maximum Gasteiger partial charge on any atom is 0.225 e. The number of carbonyl (C=O) groups is 1. The zero-order chi connectivity index (χ0) is 10.4. The SMILES string of the molecule is CC1CCCN(CCOCCN)C1=O. The van der Waals surface area contributed by atoms with Gasteiger partial charge >= 0.3 is 0 Å². The smallest absolute Gasteiger partial charge is 0.225 e. The number of hydrogen-bond acceptors (Lipinski definition) is 3. The van der Waals surface area contributed by atoms with Gasteiger partial charge in [-0.2, -0.15) is 0 Å². The van der Waals surface area contributed by atoms with Crippen molar-refractivity contribution in [3.05, 3.63) is 0 Å². The number of hydrogen-bond donors (Lipinski definition) is 1. The third-order valence-electron chi connectivity index (χ3n) is 2.57. The Balaban J connectivity index is 2.19. The van der Waals surface area contributed by atoms with Crippen LogP contribution in [0.3, 0.4) is 0 Å². The molecule has 14 heavy (non-hydrogen) atoms. The zero-order valence-electron chi connectivity index (χ0n) is 8.87. The molecule has 0 aliphatic carbocycles. The number of amides is 1. The lowest BCUT2D eigenvalue weighted by Gasteiger charge is -2.30. The number of piperidine rings is 1. The second kappa shape index (κ2) is 5.98. The average Bonchev–Trinajstić information content (AvgIpc) is 2.19. The number of carbonyl (C=O) groups excluding carboxylic acids is 1. The highest BCUT2D eigenvalue weighted by atomic mass is 16.5. The van der Waals surface area contributed by atoms with Crippen LogP contribution in [0.25, 0.3) is 0 Å². The minimum Gasteiger partial charge on any atom is -0.378 e. The van der Waals surface area contributed by atoms with Crippen molar-refractivity contribution in [3.63, 3.8) is 0 Å². The molecule has 4 nitrogen and oxygen atoms in total. The highest BCUT2D eigenvalue weighted by Crippen LogP contribution is 2.16. The van der Waals surface area contributed by atoms with Crippen LogP contribution in [0.2, 0.25) is 0 Å². The molecule has 1 aliphatic heterocycles. The van der Waals surface area contributed by atoms with Gasteiger partial charge in [0.2, 0.25) is 5.91 Å². The first kappa shape index (κ1) is 11.5. The van der Waals surface area contributed by atoms with Gasteiger partial charge < -0.3 is 15.4 Å². The predicted molar refractivity (Wildman–Crippen MR) is 54.9 cm³/mol.